The first kappa shape index (κ1) is 22.0. The van der Waals surface area contributed by atoms with Crippen molar-refractivity contribution < 1.29 is 0 Å². The Morgan fingerprint density at radius 2 is 1.69 bits per heavy atom. The van der Waals surface area contributed by atoms with Crippen LogP contribution in [0.25, 0.3) is 0 Å². The molecule has 0 aliphatic heterocycles. The number of hydrogen-bond donors (Lipinski definition) is 0. The lowest BCUT2D eigenvalue weighted by molar-refractivity contribution is -0.0723. The number of hydrogen-bond acceptors (Lipinski definition) is 0. The van der Waals surface area contributed by atoms with Crippen molar-refractivity contribution in [2.24, 2.45) is 40.4 Å². The molecule has 0 saturated heterocycles. The van der Waals surface area contributed by atoms with Gasteiger partial charge >= 0.3 is 0 Å². The summed E-state index contributed by atoms with van der Waals surface area (Å²) in [5, 5.41) is 0. The van der Waals surface area contributed by atoms with Crippen LogP contribution in [0.5, 0.6) is 0 Å². The van der Waals surface area contributed by atoms with Gasteiger partial charge < -0.3 is 0 Å². The molecule has 3 aliphatic carbocycles. The van der Waals surface area contributed by atoms with E-state index in [1.165, 1.54) is 57.8 Å². The molecular formula is C26H48. The van der Waals surface area contributed by atoms with Crippen LogP contribution in [0.1, 0.15) is 113 Å². The fraction of sp³-hybridized carbons (Fsp3) is 0.923. The van der Waals surface area contributed by atoms with Crippen molar-refractivity contribution in [3.63, 3.8) is 0 Å². The topological polar surface area (TPSA) is 0 Å². The lowest BCUT2D eigenvalue weighted by Crippen LogP contribution is -2.49. The molecular weight excluding hydrogens is 312 g/mol. The Morgan fingerprint density at radius 1 is 1.04 bits per heavy atom. The maximum absolute atomic E-state index is 2.64. The first-order chi connectivity index (χ1) is 12.4. The molecule has 0 spiro atoms. The Bertz CT molecular complexity index is 474. The van der Waals surface area contributed by atoms with E-state index >= 15 is 0 Å². The molecule has 7 atom stereocenters. The summed E-state index contributed by atoms with van der Waals surface area (Å²) in [4.78, 5) is 0. The van der Waals surface area contributed by atoms with Crippen molar-refractivity contribution in [3.05, 3.63) is 11.6 Å². The van der Waals surface area contributed by atoms with Gasteiger partial charge in [0.1, 0.15) is 0 Å². The van der Waals surface area contributed by atoms with E-state index in [1.54, 1.807) is 5.57 Å². The highest BCUT2D eigenvalue weighted by Gasteiger charge is 2.56. The molecule has 152 valence electrons. The molecule has 0 heteroatoms. The molecule has 26 heavy (non-hydrogen) atoms. The van der Waals surface area contributed by atoms with E-state index in [1.807, 2.05) is 13.8 Å². The minimum Gasteiger partial charge on any atom is -0.0879 e. The van der Waals surface area contributed by atoms with Crippen molar-refractivity contribution in [2.75, 3.05) is 0 Å². The van der Waals surface area contributed by atoms with Gasteiger partial charge in [0.15, 0.2) is 0 Å². The summed E-state index contributed by atoms with van der Waals surface area (Å²) in [6.07, 6.45) is 15.6. The minimum atomic E-state index is 0.552. The van der Waals surface area contributed by atoms with Gasteiger partial charge in [0.2, 0.25) is 0 Å². The van der Waals surface area contributed by atoms with Crippen LogP contribution in [0, 0.1) is 40.4 Å². The lowest BCUT2D eigenvalue weighted by atomic mass is 9.47. The molecule has 3 saturated carbocycles. The third-order valence-electron chi connectivity index (χ3n) is 9.31. The average Bonchev–Trinajstić information content (AvgIpc) is 3.01. The summed E-state index contributed by atoms with van der Waals surface area (Å²) in [5.74, 6) is 4.92. The summed E-state index contributed by atoms with van der Waals surface area (Å²) in [6, 6.07) is 0. The highest BCUT2D eigenvalue weighted by atomic mass is 14.6. The fourth-order valence-electron chi connectivity index (χ4n) is 7.25. The molecule has 3 fully saturated rings. The van der Waals surface area contributed by atoms with Gasteiger partial charge in [-0.05, 0) is 92.3 Å². The van der Waals surface area contributed by atoms with Crippen molar-refractivity contribution in [1.82, 2.24) is 0 Å². The van der Waals surface area contributed by atoms with Crippen molar-refractivity contribution in [2.45, 2.75) is 113 Å². The molecule has 0 radical (unpaired) electrons. The highest BCUT2D eigenvalue weighted by Crippen LogP contribution is 2.65. The second-order valence-electron chi connectivity index (χ2n) is 10.1. The fourth-order valence-corrected chi connectivity index (χ4v) is 7.25. The van der Waals surface area contributed by atoms with Gasteiger partial charge in [-0.15, -0.1) is 0 Å². The van der Waals surface area contributed by atoms with Gasteiger partial charge in [-0.2, -0.15) is 0 Å². The predicted molar refractivity (Wildman–Crippen MR) is 117 cm³/mol. The Kier molecular flexibility index (Phi) is 7.48. The molecule has 7 unspecified atom stereocenters. The van der Waals surface area contributed by atoms with E-state index in [0.717, 1.165) is 29.6 Å². The summed E-state index contributed by atoms with van der Waals surface area (Å²) in [7, 11) is 0. The highest BCUT2D eigenvalue weighted by molar-refractivity contribution is 5.23. The first-order valence-electron chi connectivity index (χ1n) is 12.0. The number of allylic oxidation sites excluding steroid dienone is 2. The maximum atomic E-state index is 2.64. The standard InChI is InChI=1S/C24H42.C2H6/c1-7-17(4)16-22-20-13-15-24(6)18(8-2)10-11-21(24)19(20)12-14-23(22,5)9-3;1-2/h8,17,19-22H,7,9-16H2,1-6H3;1-2H3/b18-8-;. The molecule has 0 aromatic rings. The zero-order valence-corrected chi connectivity index (χ0v) is 19.3. The summed E-state index contributed by atoms with van der Waals surface area (Å²) >= 11 is 0. The molecule has 0 nitrogen and oxygen atoms in total. The average molecular weight is 361 g/mol. The van der Waals surface area contributed by atoms with Crippen LogP contribution < -0.4 is 0 Å². The number of rotatable bonds is 4. The van der Waals surface area contributed by atoms with Crippen molar-refractivity contribution in [3.8, 4) is 0 Å². The largest absolute Gasteiger partial charge is 0.0879 e. The minimum absolute atomic E-state index is 0.552. The molecule has 0 aromatic carbocycles. The molecule has 3 aliphatic rings. The third kappa shape index (κ3) is 3.68. The summed E-state index contributed by atoms with van der Waals surface area (Å²) in [6.45, 7) is 18.9. The Balaban J connectivity index is 0.00000117. The van der Waals surface area contributed by atoms with E-state index in [2.05, 4.69) is 47.6 Å². The smallest absolute Gasteiger partial charge is 0.00853 e. The zero-order valence-electron chi connectivity index (χ0n) is 19.3. The predicted octanol–water partition coefficient (Wildman–Crippen LogP) is 8.66. The van der Waals surface area contributed by atoms with Gasteiger partial charge in [0.25, 0.3) is 0 Å². The van der Waals surface area contributed by atoms with E-state index in [9.17, 15) is 0 Å². The van der Waals surface area contributed by atoms with Crippen LogP contribution in [0.2, 0.25) is 0 Å². The molecule has 0 aromatic heterocycles. The van der Waals surface area contributed by atoms with Crippen molar-refractivity contribution in [1.29, 1.82) is 0 Å². The van der Waals surface area contributed by atoms with Gasteiger partial charge in [0.05, 0.1) is 0 Å². The van der Waals surface area contributed by atoms with Gasteiger partial charge in [-0.3, -0.25) is 0 Å². The van der Waals surface area contributed by atoms with Crippen molar-refractivity contribution >= 4 is 0 Å². The molecule has 0 heterocycles. The monoisotopic (exact) mass is 360 g/mol. The van der Waals surface area contributed by atoms with E-state index in [0.29, 0.717) is 10.8 Å². The van der Waals surface area contributed by atoms with Gasteiger partial charge in [-0.25, -0.2) is 0 Å². The second-order valence-corrected chi connectivity index (χ2v) is 10.1. The summed E-state index contributed by atoms with van der Waals surface area (Å²) < 4.78 is 0. The van der Waals surface area contributed by atoms with Crippen LogP contribution >= 0.6 is 0 Å². The maximum Gasteiger partial charge on any atom is -0.00853 e. The van der Waals surface area contributed by atoms with Crippen LogP contribution in [0.15, 0.2) is 11.6 Å². The SMILES string of the molecule is C/C=C1/CCC2C3CCC(C)(CC)C(CC(C)CC)C3CCC12C.CC. The van der Waals surface area contributed by atoms with E-state index in [4.69, 9.17) is 0 Å². The first-order valence-corrected chi connectivity index (χ1v) is 12.0. The second kappa shape index (κ2) is 8.83. The van der Waals surface area contributed by atoms with Gasteiger partial charge in [0, 0.05) is 0 Å². The summed E-state index contributed by atoms with van der Waals surface area (Å²) in [5.41, 5.74) is 2.96. The van der Waals surface area contributed by atoms with Gasteiger partial charge in [-0.1, -0.05) is 73.0 Å². The molecule has 0 amide bonds. The number of fused-ring (bicyclic) bond motifs is 3. The Labute approximate surface area is 165 Å². The van der Waals surface area contributed by atoms with Crippen LogP contribution in [0.3, 0.4) is 0 Å². The Morgan fingerprint density at radius 3 is 2.27 bits per heavy atom. The molecule has 0 bridgehead atoms. The van der Waals surface area contributed by atoms with E-state index < -0.39 is 0 Å². The third-order valence-corrected chi connectivity index (χ3v) is 9.31. The molecule has 3 rings (SSSR count). The van der Waals surface area contributed by atoms with Crippen LogP contribution in [-0.4, -0.2) is 0 Å². The van der Waals surface area contributed by atoms with Crippen LogP contribution in [-0.2, 0) is 0 Å². The normalized spacial score (nSPS) is 44.7. The lowest BCUT2D eigenvalue weighted by Gasteiger charge is -2.57. The zero-order chi connectivity index (χ0) is 19.5. The molecule has 0 N–H and O–H groups in total. The quantitative estimate of drug-likeness (QED) is 0.440. The van der Waals surface area contributed by atoms with Crippen LogP contribution in [0.4, 0.5) is 0 Å². The Hall–Kier alpha value is -0.260. The van der Waals surface area contributed by atoms with E-state index in [-0.39, 0.29) is 0 Å².